The van der Waals surface area contributed by atoms with E-state index in [1.807, 2.05) is 19.1 Å². The molecule has 2 aromatic rings. The average Bonchev–Trinajstić information content (AvgIpc) is 3.10. The molecule has 190 valence electrons. The van der Waals surface area contributed by atoms with Gasteiger partial charge in [0.15, 0.2) is 6.29 Å². The summed E-state index contributed by atoms with van der Waals surface area (Å²) in [4.78, 5) is 28.1. The van der Waals surface area contributed by atoms with Crippen LogP contribution in [-0.4, -0.2) is 89.9 Å². The van der Waals surface area contributed by atoms with Crippen LogP contribution in [0.3, 0.4) is 0 Å². The molecule has 2 saturated heterocycles. The molecule has 2 N–H and O–H groups in total. The predicted octanol–water partition coefficient (Wildman–Crippen LogP) is 2.40. The van der Waals surface area contributed by atoms with E-state index in [1.54, 1.807) is 6.92 Å². The smallest absolute Gasteiger partial charge is 0.235 e. The van der Waals surface area contributed by atoms with Crippen LogP contribution in [0.1, 0.15) is 19.4 Å². The van der Waals surface area contributed by atoms with E-state index < -0.39 is 12.0 Å². The van der Waals surface area contributed by atoms with E-state index >= 15 is 0 Å². The lowest BCUT2D eigenvalue weighted by atomic mass is 9.78. The number of amides is 1. The summed E-state index contributed by atoms with van der Waals surface area (Å²) in [5.74, 6) is 0.0325. The minimum Gasteiger partial charge on any atom is -0.489 e. The molecule has 3 heterocycles. The van der Waals surface area contributed by atoms with Crippen molar-refractivity contribution in [1.82, 2.24) is 9.80 Å². The molecule has 0 bridgehead atoms. The first kappa shape index (κ1) is 24.5. The number of rotatable bonds is 8. The first-order valence-electron chi connectivity index (χ1n) is 12.7. The molecule has 3 aliphatic heterocycles. The SMILES string of the molecule is C[C@@H](O)[C@H]1C(=O)N2C(C=O)=C(COc3cccc4c(C[N+]5(C)CCN(C=N)CC5)cccc34)[C@H](C)[C@H]12. The van der Waals surface area contributed by atoms with Gasteiger partial charge in [0, 0.05) is 16.9 Å². The number of nitrogens with one attached hydrogen (secondary N) is 1. The third kappa shape index (κ3) is 3.98. The highest BCUT2D eigenvalue weighted by Gasteiger charge is 2.58. The van der Waals surface area contributed by atoms with Gasteiger partial charge in [-0.25, -0.2) is 0 Å². The second-order valence-electron chi connectivity index (χ2n) is 10.7. The summed E-state index contributed by atoms with van der Waals surface area (Å²) < 4.78 is 7.23. The van der Waals surface area contributed by atoms with Gasteiger partial charge in [-0.1, -0.05) is 37.3 Å². The van der Waals surface area contributed by atoms with Crippen molar-refractivity contribution in [3.63, 3.8) is 0 Å². The Hall–Kier alpha value is -3.23. The van der Waals surface area contributed by atoms with Crippen LogP contribution in [0.25, 0.3) is 10.8 Å². The van der Waals surface area contributed by atoms with Crippen LogP contribution in [0.5, 0.6) is 5.75 Å². The number of aliphatic hydroxyl groups is 1. The molecule has 8 nitrogen and oxygen atoms in total. The number of β-lactam (4-membered cyclic amide) rings is 1. The van der Waals surface area contributed by atoms with Crippen LogP contribution in [0.4, 0.5) is 0 Å². The molecule has 0 saturated carbocycles. The maximum absolute atomic E-state index is 12.6. The molecular formula is C28H35N4O4+. The molecule has 0 aliphatic carbocycles. The number of aliphatic hydroxyl groups excluding tert-OH is 1. The minimum atomic E-state index is -0.747. The fourth-order valence-electron chi connectivity index (χ4n) is 6.20. The van der Waals surface area contributed by atoms with E-state index in [1.165, 1.54) is 16.8 Å². The second kappa shape index (κ2) is 9.33. The van der Waals surface area contributed by atoms with Gasteiger partial charge in [-0.3, -0.25) is 15.0 Å². The molecule has 0 unspecified atom stereocenters. The molecule has 5 rings (SSSR count). The first-order valence-corrected chi connectivity index (χ1v) is 12.7. The van der Waals surface area contributed by atoms with Crippen molar-refractivity contribution in [3.8, 4) is 5.75 Å². The predicted molar refractivity (Wildman–Crippen MR) is 137 cm³/mol. The summed E-state index contributed by atoms with van der Waals surface area (Å²) in [5, 5.41) is 19.8. The highest BCUT2D eigenvalue weighted by atomic mass is 16.5. The van der Waals surface area contributed by atoms with Crippen molar-refractivity contribution in [1.29, 1.82) is 5.41 Å². The highest BCUT2D eigenvalue weighted by molar-refractivity contribution is 5.96. The number of allylic oxidation sites excluding steroid dienone is 1. The van der Waals surface area contributed by atoms with Gasteiger partial charge in [0.05, 0.1) is 63.3 Å². The summed E-state index contributed by atoms with van der Waals surface area (Å²) in [6, 6.07) is 12.2. The van der Waals surface area contributed by atoms with Gasteiger partial charge in [0.1, 0.15) is 18.9 Å². The summed E-state index contributed by atoms with van der Waals surface area (Å²) in [6.45, 7) is 8.52. The lowest BCUT2D eigenvalue weighted by Gasteiger charge is -2.46. The van der Waals surface area contributed by atoms with E-state index in [9.17, 15) is 14.7 Å². The fourth-order valence-corrected chi connectivity index (χ4v) is 6.20. The monoisotopic (exact) mass is 491 g/mol. The zero-order valence-corrected chi connectivity index (χ0v) is 21.2. The number of quaternary nitrogens is 1. The average molecular weight is 492 g/mol. The molecule has 2 aromatic carbocycles. The number of likely N-dealkylation sites (N-methyl/N-ethyl adjacent to an activating group) is 1. The molecule has 36 heavy (non-hydrogen) atoms. The number of aldehydes is 1. The van der Waals surface area contributed by atoms with Crippen LogP contribution in [0, 0.1) is 17.2 Å². The zero-order valence-electron chi connectivity index (χ0n) is 21.2. The number of hydrogen-bond acceptors (Lipinski definition) is 5. The number of piperazine rings is 1. The Morgan fingerprint density at radius 1 is 1.19 bits per heavy atom. The third-order valence-corrected chi connectivity index (χ3v) is 8.41. The van der Waals surface area contributed by atoms with Gasteiger partial charge in [-0.05, 0) is 23.9 Å². The van der Waals surface area contributed by atoms with Crippen LogP contribution in [-0.2, 0) is 16.1 Å². The molecule has 8 heteroatoms. The topological polar surface area (TPSA) is 93.9 Å². The Labute approximate surface area is 211 Å². The number of benzene rings is 2. The van der Waals surface area contributed by atoms with Crippen molar-refractivity contribution >= 4 is 29.3 Å². The summed E-state index contributed by atoms with van der Waals surface area (Å²) in [5.41, 5.74) is 2.46. The molecule has 0 aromatic heterocycles. The van der Waals surface area contributed by atoms with Gasteiger partial charge < -0.3 is 24.1 Å². The normalized spacial score (nSPS) is 26.0. The fraction of sp³-hybridized carbons (Fsp3) is 0.464. The Kier molecular flexibility index (Phi) is 6.34. The number of carbonyl (C=O) groups is 2. The van der Waals surface area contributed by atoms with Crippen LogP contribution < -0.4 is 4.74 Å². The van der Waals surface area contributed by atoms with Crippen LogP contribution in [0.2, 0.25) is 0 Å². The number of ether oxygens (including phenoxy) is 1. The van der Waals surface area contributed by atoms with Crippen LogP contribution >= 0.6 is 0 Å². The quantitative estimate of drug-likeness (QED) is 0.194. The van der Waals surface area contributed by atoms with Crippen molar-refractivity contribution in [2.24, 2.45) is 11.8 Å². The molecule has 1 amide bonds. The summed E-state index contributed by atoms with van der Waals surface area (Å²) in [7, 11) is 2.28. The van der Waals surface area contributed by atoms with Crippen molar-refractivity contribution in [3.05, 3.63) is 53.2 Å². The van der Waals surface area contributed by atoms with Gasteiger partial charge in [0.2, 0.25) is 5.91 Å². The number of hydrogen-bond donors (Lipinski definition) is 2. The second-order valence-corrected chi connectivity index (χ2v) is 10.7. The molecule has 2 fully saturated rings. The lowest BCUT2D eigenvalue weighted by Crippen LogP contribution is -2.63. The van der Waals surface area contributed by atoms with Gasteiger partial charge in [-0.15, -0.1) is 0 Å². The third-order valence-electron chi connectivity index (χ3n) is 8.41. The van der Waals surface area contributed by atoms with E-state index in [4.69, 9.17) is 10.1 Å². The highest BCUT2D eigenvalue weighted by Crippen LogP contribution is 2.46. The Bertz CT molecular complexity index is 1230. The lowest BCUT2D eigenvalue weighted by molar-refractivity contribution is -0.925. The van der Waals surface area contributed by atoms with E-state index in [0.717, 1.165) is 65.6 Å². The van der Waals surface area contributed by atoms with E-state index in [-0.39, 0.29) is 24.5 Å². The Morgan fingerprint density at radius 2 is 1.89 bits per heavy atom. The Balaban J connectivity index is 1.37. The maximum atomic E-state index is 12.6. The van der Waals surface area contributed by atoms with Crippen molar-refractivity contribution in [2.75, 3.05) is 39.8 Å². The van der Waals surface area contributed by atoms with Gasteiger partial charge in [0.25, 0.3) is 0 Å². The molecular weight excluding hydrogens is 456 g/mol. The van der Waals surface area contributed by atoms with E-state index in [2.05, 4.69) is 36.2 Å². The molecule has 4 atom stereocenters. The summed E-state index contributed by atoms with van der Waals surface area (Å²) >= 11 is 0. The Morgan fingerprint density at radius 3 is 2.56 bits per heavy atom. The molecule has 0 radical (unpaired) electrons. The maximum Gasteiger partial charge on any atom is 0.235 e. The summed E-state index contributed by atoms with van der Waals surface area (Å²) in [6.07, 6.45) is 1.43. The first-order chi connectivity index (χ1) is 17.3. The number of fused-ring (bicyclic) bond motifs is 2. The minimum absolute atomic E-state index is 0.0582. The zero-order chi connectivity index (χ0) is 25.6. The van der Waals surface area contributed by atoms with Crippen molar-refractivity contribution in [2.45, 2.75) is 32.5 Å². The molecule has 0 spiro atoms. The number of carbonyl (C=O) groups excluding carboxylic acids is 2. The molecule has 3 aliphatic rings. The number of nitrogens with zero attached hydrogens (tertiary/aromatic N) is 3. The largest absolute Gasteiger partial charge is 0.489 e. The standard InChI is InChI=1S/C28H35N4O4/c1-18-23(24(15-33)31-27(18)26(19(2)34)28(31)35)16-36-25-9-5-7-21-20(6-4-8-22(21)25)14-32(3)12-10-30(17-29)11-13-32/h4-9,15,17-19,26-27,29,34H,10-14,16H2,1-3H3/q+1/t18-,19+,26+,27+/m0/s1. The van der Waals surface area contributed by atoms with Crippen LogP contribution in [0.15, 0.2) is 47.7 Å². The van der Waals surface area contributed by atoms with Crippen molar-refractivity contribution < 1.29 is 23.9 Å². The van der Waals surface area contributed by atoms with Gasteiger partial charge in [-0.2, -0.15) is 0 Å². The van der Waals surface area contributed by atoms with Gasteiger partial charge >= 0.3 is 0 Å². The van der Waals surface area contributed by atoms with E-state index in [0.29, 0.717) is 5.70 Å².